The summed E-state index contributed by atoms with van der Waals surface area (Å²) >= 11 is 6.64. The number of hydrogen-bond donors (Lipinski definition) is 0. The van der Waals surface area contributed by atoms with Crippen molar-refractivity contribution in [2.75, 3.05) is 7.11 Å². The summed E-state index contributed by atoms with van der Waals surface area (Å²) < 4.78 is 5.02. The average molecular weight is 484 g/mol. The minimum atomic E-state index is -1.18. The van der Waals surface area contributed by atoms with Crippen LogP contribution < -0.4 is 0 Å². The van der Waals surface area contributed by atoms with Gasteiger partial charge in [-0.05, 0) is 18.1 Å². The number of carbonyl (C=O) groups is 1. The molecule has 0 radical (unpaired) electrons. The summed E-state index contributed by atoms with van der Waals surface area (Å²) in [6.45, 7) is 1.72. The van der Waals surface area contributed by atoms with Crippen LogP contribution in [0.5, 0.6) is 0 Å². The van der Waals surface area contributed by atoms with Gasteiger partial charge in [0, 0.05) is 13.5 Å². The van der Waals surface area contributed by atoms with Crippen LogP contribution in [-0.2, 0) is 24.9 Å². The Morgan fingerprint density at radius 3 is 1.96 bits per heavy atom. The zero-order valence-corrected chi connectivity index (χ0v) is 17.7. The number of ether oxygens (including phenoxy) is 1. The molecule has 0 spiro atoms. The summed E-state index contributed by atoms with van der Waals surface area (Å²) in [5.41, 5.74) is 0.932. The molecule has 1 fully saturated rings. The van der Waals surface area contributed by atoms with Gasteiger partial charge in [-0.15, -0.1) is 0 Å². The van der Waals surface area contributed by atoms with Gasteiger partial charge >= 0.3 is 0 Å². The third-order valence-electron chi connectivity index (χ3n) is 4.92. The summed E-state index contributed by atoms with van der Waals surface area (Å²) in [5, 5.41) is 0. The maximum atomic E-state index is 12.9. The van der Waals surface area contributed by atoms with Crippen LogP contribution in [0.2, 0.25) is 0 Å². The summed E-state index contributed by atoms with van der Waals surface area (Å²) in [5.74, 6) is -1.79. The van der Waals surface area contributed by atoms with Crippen LogP contribution in [0.15, 0.2) is 60.7 Å². The number of ketones is 1. The third kappa shape index (κ3) is 3.53. The van der Waals surface area contributed by atoms with E-state index in [4.69, 9.17) is 14.5 Å². The Labute approximate surface area is 170 Å². The van der Waals surface area contributed by atoms with Crippen molar-refractivity contribution >= 4 is 37.6 Å². The molecule has 1 saturated heterocycles. The standard InChI is InChI=1S/C20H20Br2O4/c1-19(24-2)16(17(23)18(21)22)13-20(26-25-19,14-9-5-3-6-10-14)15-11-7-4-8-12-15/h3-12,16,18H,13H2,1-2H3. The Hall–Kier alpha value is -1.05. The summed E-state index contributed by atoms with van der Waals surface area (Å²) in [6.07, 6.45) is 0.387. The van der Waals surface area contributed by atoms with Crippen molar-refractivity contribution < 1.29 is 19.3 Å². The van der Waals surface area contributed by atoms with E-state index in [0.717, 1.165) is 11.1 Å². The molecule has 2 aromatic carbocycles. The van der Waals surface area contributed by atoms with Gasteiger partial charge in [0.1, 0.15) is 3.74 Å². The van der Waals surface area contributed by atoms with Crippen LogP contribution in [0.1, 0.15) is 24.5 Å². The van der Waals surface area contributed by atoms with Crippen molar-refractivity contribution in [1.29, 1.82) is 0 Å². The molecule has 2 aromatic rings. The fourth-order valence-corrected chi connectivity index (χ4v) is 3.96. The van der Waals surface area contributed by atoms with Crippen molar-refractivity contribution in [2.24, 2.45) is 5.92 Å². The van der Waals surface area contributed by atoms with E-state index in [9.17, 15) is 4.79 Å². The zero-order chi connectivity index (χ0) is 18.8. The average Bonchev–Trinajstić information content (AvgIpc) is 2.69. The van der Waals surface area contributed by atoms with Gasteiger partial charge in [-0.2, -0.15) is 4.89 Å². The molecule has 6 heteroatoms. The smallest absolute Gasteiger partial charge is 0.208 e. The number of rotatable bonds is 5. The molecule has 26 heavy (non-hydrogen) atoms. The quantitative estimate of drug-likeness (QED) is 0.446. The molecular weight excluding hydrogens is 464 g/mol. The van der Waals surface area contributed by atoms with Gasteiger partial charge in [-0.1, -0.05) is 92.5 Å². The minimum Gasteiger partial charge on any atom is -0.350 e. The predicted octanol–water partition coefficient (Wildman–Crippen LogP) is 4.95. The monoisotopic (exact) mass is 482 g/mol. The van der Waals surface area contributed by atoms with Crippen molar-refractivity contribution in [1.82, 2.24) is 0 Å². The number of methoxy groups -OCH3 is 1. The van der Waals surface area contributed by atoms with E-state index in [0.29, 0.717) is 6.42 Å². The first-order valence-corrected chi connectivity index (χ1v) is 10.1. The topological polar surface area (TPSA) is 44.8 Å². The number of benzene rings is 2. The molecule has 1 aliphatic rings. The molecule has 2 atom stereocenters. The minimum absolute atomic E-state index is 0.0612. The van der Waals surface area contributed by atoms with Crippen LogP contribution in [0.25, 0.3) is 0 Å². The van der Waals surface area contributed by atoms with Crippen LogP contribution in [-0.4, -0.2) is 22.4 Å². The first-order chi connectivity index (χ1) is 12.4. The highest BCUT2D eigenvalue weighted by Gasteiger charge is 2.55. The van der Waals surface area contributed by atoms with E-state index in [1.165, 1.54) is 7.11 Å². The van der Waals surface area contributed by atoms with Gasteiger partial charge in [0.05, 0.1) is 5.92 Å². The summed E-state index contributed by atoms with van der Waals surface area (Å²) in [4.78, 5) is 24.6. The molecule has 0 N–H and O–H groups in total. The fourth-order valence-electron chi connectivity index (χ4n) is 3.32. The van der Waals surface area contributed by atoms with Crippen molar-refractivity contribution in [3.63, 3.8) is 0 Å². The molecule has 2 unspecified atom stereocenters. The largest absolute Gasteiger partial charge is 0.350 e. The third-order valence-corrected chi connectivity index (χ3v) is 5.82. The Kier molecular flexibility index (Phi) is 5.99. The second-order valence-corrected chi connectivity index (χ2v) is 9.47. The predicted molar refractivity (Wildman–Crippen MR) is 106 cm³/mol. The first kappa shape index (κ1) is 19.7. The lowest BCUT2D eigenvalue weighted by atomic mass is 9.75. The molecule has 0 bridgehead atoms. The molecule has 3 rings (SSSR count). The van der Waals surface area contributed by atoms with Crippen molar-refractivity contribution in [3.8, 4) is 0 Å². The van der Waals surface area contributed by atoms with Gasteiger partial charge < -0.3 is 4.74 Å². The van der Waals surface area contributed by atoms with Crippen molar-refractivity contribution in [3.05, 3.63) is 71.8 Å². The second-order valence-electron chi connectivity index (χ2n) is 6.41. The Morgan fingerprint density at radius 1 is 1.04 bits per heavy atom. The number of alkyl halides is 2. The van der Waals surface area contributed by atoms with Gasteiger partial charge in [-0.3, -0.25) is 4.79 Å². The Balaban J connectivity index is 2.13. The van der Waals surface area contributed by atoms with E-state index in [1.54, 1.807) is 6.92 Å². The molecule has 4 nitrogen and oxygen atoms in total. The van der Waals surface area contributed by atoms with Crippen LogP contribution in [0.3, 0.4) is 0 Å². The van der Waals surface area contributed by atoms with Gasteiger partial charge in [-0.25, -0.2) is 4.89 Å². The first-order valence-electron chi connectivity index (χ1n) is 8.28. The maximum absolute atomic E-state index is 12.9. The zero-order valence-electron chi connectivity index (χ0n) is 14.5. The van der Waals surface area contributed by atoms with E-state index in [-0.39, 0.29) is 5.78 Å². The number of Topliss-reactive ketones (excluding diaryl/α,β-unsaturated/α-hetero) is 1. The van der Waals surface area contributed by atoms with Crippen LogP contribution in [0, 0.1) is 5.92 Å². The van der Waals surface area contributed by atoms with E-state index in [2.05, 4.69) is 31.9 Å². The summed E-state index contributed by atoms with van der Waals surface area (Å²) in [6, 6.07) is 19.6. The Morgan fingerprint density at radius 2 is 1.54 bits per heavy atom. The molecule has 0 amide bonds. The fraction of sp³-hybridized carbons (Fsp3) is 0.350. The number of halogens is 2. The van der Waals surface area contributed by atoms with Crippen LogP contribution >= 0.6 is 31.9 Å². The van der Waals surface area contributed by atoms with Crippen molar-refractivity contribution in [2.45, 2.75) is 28.5 Å². The molecule has 138 valence electrons. The SMILES string of the molecule is COC1(C)OOC(c2ccccc2)(c2ccccc2)CC1C(=O)C(Br)Br. The normalized spacial score (nSPS) is 25.2. The molecule has 0 aromatic heterocycles. The lowest BCUT2D eigenvalue weighted by Gasteiger charge is -2.47. The number of carbonyl (C=O) groups excluding carboxylic acids is 1. The molecular formula is C20H20Br2O4. The Bertz CT molecular complexity index is 711. The highest BCUT2D eigenvalue weighted by molar-refractivity contribution is 9.25. The molecule has 1 heterocycles. The second kappa shape index (κ2) is 7.90. The lowest BCUT2D eigenvalue weighted by molar-refractivity contribution is -0.491. The van der Waals surface area contributed by atoms with Crippen LogP contribution in [0.4, 0.5) is 0 Å². The maximum Gasteiger partial charge on any atom is 0.208 e. The molecule has 1 aliphatic heterocycles. The molecule has 0 aliphatic carbocycles. The van der Waals surface area contributed by atoms with E-state index < -0.39 is 21.0 Å². The number of hydrogen-bond acceptors (Lipinski definition) is 4. The van der Waals surface area contributed by atoms with Gasteiger partial charge in [0.15, 0.2) is 11.4 Å². The summed E-state index contributed by atoms with van der Waals surface area (Å²) in [7, 11) is 1.51. The van der Waals surface area contributed by atoms with Gasteiger partial charge in [0.25, 0.3) is 0 Å². The van der Waals surface area contributed by atoms with E-state index in [1.807, 2.05) is 60.7 Å². The highest BCUT2D eigenvalue weighted by Crippen LogP contribution is 2.49. The highest BCUT2D eigenvalue weighted by atomic mass is 79.9. The lowest BCUT2D eigenvalue weighted by Crippen LogP contribution is -2.55. The molecule has 0 saturated carbocycles. The van der Waals surface area contributed by atoms with E-state index >= 15 is 0 Å². The van der Waals surface area contributed by atoms with Gasteiger partial charge in [0.2, 0.25) is 5.79 Å².